The number of alkyl halides is 1. The number of hydrogen-bond acceptors (Lipinski definition) is 3. The monoisotopic (exact) mass is 313 g/mol. The first-order chi connectivity index (χ1) is 11.2. The molecule has 1 aliphatic heterocycles. The molecule has 0 N–H and O–H groups in total. The number of aryl methyl sites for hydroxylation is 1. The van der Waals surface area contributed by atoms with Crippen molar-refractivity contribution in [2.45, 2.75) is 51.2 Å². The fraction of sp³-hybridized carbons (Fsp3) is 0.579. The first-order valence-electron chi connectivity index (χ1n) is 8.77. The van der Waals surface area contributed by atoms with E-state index < -0.39 is 6.17 Å². The summed E-state index contributed by atoms with van der Waals surface area (Å²) < 4.78 is 13.0. The number of benzene rings is 1. The Balaban J connectivity index is 1.42. The van der Waals surface area contributed by atoms with Crippen LogP contribution in [-0.4, -0.2) is 40.2 Å². The summed E-state index contributed by atoms with van der Waals surface area (Å²) in [7, 11) is 0. The number of halogens is 1. The lowest BCUT2D eigenvalue weighted by atomic mass is 9.81. The molecule has 0 radical (unpaired) electrons. The second-order valence-electron chi connectivity index (χ2n) is 7.27. The second kappa shape index (κ2) is 6.16. The molecule has 1 aliphatic carbocycles. The molecule has 1 aromatic heterocycles. The van der Waals surface area contributed by atoms with Gasteiger partial charge in [-0.3, -0.25) is 4.90 Å². The van der Waals surface area contributed by atoms with Gasteiger partial charge in [-0.05, 0) is 57.1 Å². The van der Waals surface area contributed by atoms with Crippen LogP contribution in [0, 0.1) is 12.8 Å². The molecular formula is C19H24FN3. The third-order valence-corrected chi connectivity index (χ3v) is 5.55. The molecule has 0 spiro atoms. The average Bonchev–Trinajstić information content (AvgIpc) is 2.53. The average molecular weight is 313 g/mol. The lowest BCUT2D eigenvalue weighted by Crippen LogP contribution is -2.54. The minimum Gasteiger partial charge on any atom is -0.295 e. The van der Waals surface area contributed by atoms with Crippen LogP contribution in [0.1, 0.15) is 36.9 Å². The van der Waals surface area contributed by atoms with Crippen LogP contribution in [-0.2, 0) is 6.42 Å². The first-order valence-corrected chi connectivity index (χ1v) is 8.77. The molecule has 0 atom stereocenters. The van der Waals surface area contributed by atoms with Crippen LogP contribution < -0.4 is 0 Å². The van der Waals surface area contributed by atoms with Crippen molar-refractivity contribution in [1.29, 1.82) is 0 Å². The Labute approximate surface area is 136 Å². The number of fused-ring (bicyclic) bond motifs is 1. The summed E-state index contributed by atoms with van der Waals surface area (Å²) in [6.07, 6.45) is 7.04. The molecule has 0 amide bonds. The summed E-state index contributed by atoms with van der Waals surface area (Å²) in [4.78, 5) is 11.3. The van der Waals surface area contributed by atoms with E-state index in [0.717, 1.165) is 11.9 Å². The van der Waals surface area contributed by atoms with E-state index in [1.54, 1.807) is 6.33 Å². The Bertz CT molecular complexity index is 688. The topological polar surface area (TPSA) is 29.0 Å². The van der Waals surface area contributed by atoms with Crippen LogP contribution >= 0.6 is 0 Å². The highest BCUT2D eigenvalue weighted by Gasteiger charge is 2.34. The van der Waals surface area contributed by atoms with Crippen LogP contribution in [0.3, 0.4) is 0 Å². The van der Waals surface area contributed by atoms with Crippen molar-refractivity contribution in [1.82, 2.24) is 14.9 Å². The molecule has 2 fully saturated rings. The Hall–Kier alpha value is -1.55. The van der Waals surface area contributed by atoms with Gasteiger partial charge in [0.15, 0.2) is 0 Å². The number of hydrogen-bond donors (Lipinski definition) is 0. The molecule has 1 aromatic carbocycles. The fourth-order valence-corrected chi connectivity index (χ4v) is 4.13. The number of rotatable bonds is 3. The second-order valence-corrected chi connectivity index (χ2v) is 7.27. The van der Waals surface area contributed by atoms with Crippen molar-refractivity contribution in [3.05, 3.63) is 35.8 Å². The SMILES string of the molecule is Cc1ccc2ncnc(C[C@H]3CC[C@H](N4CC(F)C4)CC3)c2c1. The maximum atomic E-state index is 13.0. The molecule has 122 valence electrons. The maximum Gasteiger partial charge on any atom is 0.125 e. The third-order valence-electron chi connectivity index (χ3n) is 5.55. The number of likely N-dealkylation sites (tertiary alicyclic amines) is 1. The summed E-state index contributed by atoms with van der Waals surface area (Å²) in [6.45, 7) is 3.43. The van der Waals surface area contributed by atoms with E-state index in [1.807, 2.05) is 0 Å². The molecule has 3 nitrogen and oxygen atoms in total. The first kappa shape index (κ1) is 15.0. The summed E-state index contributed by atoms with van der Waals surface area (Å²) in [5.74, 6) is 0.701. The van der Waals surface area contributed by atoms with Gasteiger partial charge >= 0.3 is 0 Å². The minimum absolute atomic E-state index is 0.580. The van der Waals surface area contributed by atoms with Gasteiger partial charge in [-0.2, -0.15) is 0 Å². The zero-order valence-electron chi connectivity index (χ0n) is 13.7. The molecule has 2 aliphatic rings. The Morgan fingerprint density at radius 3 is 2.65 bits per heavy atom. The van der Waals surface area contributed by atoms with E-state index in [2.05, 4.69) is 40.0 Å². The van der Waals surface area contributed by atoms with Gasteiger partial charge in [0.05, 0.1) is 11.2 Å². The van der Waals surface area contributed by atoms with Gasteiger partial charge < -0.3 is 0 Å². The highest BCUT2D eigenvalue weighted by Crippen LogP contribution is 2.33. The molecule has 2 aromatic rings. The number of nitrogens with zero attached hydrogens (tertiary/aromatic N) is 3. The quantitative estimate of drug-likeness (QED) is 0.865. The van der Waals surface area contributed by atoms with Gasteiger partial charge in [-0.1, -0.05) is 11.6 Å². The predicted molar refractivity (Wildman–Crippen MR) is 90.2 cm³/mol. The lowest BCUT2D eigenvalue weighted by molar-refractivity contribution is 0.00834. The van der Waals surface area contributed by atoms with E-state index in [1.165, 1.54) is 42.3 Å². The van der Waals surface area contributed by atoms with Crippen molar-refractivity contribution < 1.29 is 4.39 Å². The highest BCUT2D eigenvalue weighted by atomic mass is 19.1. The van der Waals surface area contributed by atoms with Gasteiger partial charge in [0.2, 0.25) is 0 Å². The standard InChI is InChI=1S/C19H24FN3/c1-13-2-7-18-17(8-13)19(22-12-21-18)9-14-3-5-16(6-4-14)23-10-15(20)11-23/h2,7-8,12,14-16H,3-6,9-11H2,1H3/t14-,16-. The van der Waals surface area contributed by atoms with Gasteiger partial charge in [0, 0.05) is 24.5 Å². The Kier molecular flexibility index (Phi) is 4.02. The smallest absolute Gasteiger partial charge is 0.125 e. The van der Waals surface area contributed by atoms with Crippen molar-refractivity contribution in [2.24, 2.45) is 5.92 Å². The zero-order valence-corrected chi connectivity index (χ0v) is 13.7. The highest BCUT2D eigenvalue weighted by molar-refractivity contribution is 5.81. The summed E-state index contributed by atoms with van der Waals surface area (Å²) in [5, 5.41) is 1.21. The molecule has 0 unspecified atom stereocenters. The molecule has 1 saturated carbocycles. The predicted octanol–water partition coefficient (Wildman–Crippen LogP) is 3.69. The van der Waals surface area contributed by atoms with E-state index >= 15 is 0 Å². The third kappa shape index (κ3) is 3.09. The van der Waals surface area contributed by atoms with E-state index in [9.17, 15) is 4.39 Å². The van der Waals surface area contributed by atoms with E-state index in [4.69, 9.17) is 0 Å². The van der Waals surface area contributed by atoms with Crippen LogP contribution in [0.15, 0.2) is 24.5 Å². The molecule has 4 rings (SSSR count). The normalized spacial score (nSPS) is 26.3. The van der Waals surface area contributed by atoms with Gasteiger partial charge in [0.25, 0.3) is 0 Å². The Morgan fingerprint density at radius 2 is 1.91 bits per heavy atom. The summed E-state index contributed by atoms with van der Waals surface area (Å²) in [6, 6.07) is 7.01. The largest absolute Gasteiger partial charge is 0.295 e. The van der Waals surface area contributed by atoms with Crippen LogP contribution in [0.5, 0.6) is 0 Å². The van der Waals surface area contributed by atoms with Gasteiger partial charge in [-0.15, -0.1) is 0 Å². The fourth-order valence-electron chi connectivity index (χ4n) is 4.13. The minimum atomic E-state index is -0.580. The molecule has 0 bridgehead atoms. The lowest BCUT2D eigenvalue weighted by Gasteiger charge is -2.43. The Morgan fingerprint density at radius 1 is 1.13 bits per heavy atom. The number of aromatic nitrogens is 2. The summed E-state index contributed by atoms with van der Waals surface area (Å²) in [5.41, 5.74) is 3.49. The van der Waals surface area contributed by atoms with E-state index in [0.29, 0.717) is 25.0 Å². The summed E-state index contributed by atoms with van der Waals surface area (Å²) >= 11 is 0. The van der Waals surface area contributed by atoms with Crippen LogP contribution in [0.25, 0.3) is 10.9 Å². The van der Waals surface area contributed by atoms with Crippen molar-refractivity contribution >= 4 is 10.9 Å². The van der Waals surface area contributed by atoms with Crippen molar-refractivity contribution in [3.8, 4) is 0 Å². The molecule has 4 heteroatoms. The van der Waals surface area contributed by atoms with Crippen LogP contribution in [0.2, 0.25) is 0 Å². The zero-order chi connectivity index (χ0) is 15.8. The van der Waals surface area contributed by atoms with Crippen molar-refractivity contribution in [2.75, 3.05) is 13.1 Å². The molecule has 23 heavy (non-hydrogen) atoms. The van der Waals surface area contributed by atoms with Gasteiger partial charge in [-0.25, -0.2) is 14.4 Å². The molecule has 2 heterocycles. The van der Waals surface area contributed by atoms with E-state index in [-0.39, 0.29) is 0 Å². The molecular weight excluding hydrogens is 289 g/mol. The molecule has 1 saturated heterocycles. The van der Waals surface area contributed by atoms with Crippen LogP contribution in [0.4, 0.5) is 4.39 Å². The van der Waals surface area contributed by atoms with Gasteiger partial charge in [0.1, 0.15) is 12.5 Å². The van der Waals surface area contributed by atoms with Crippen molar-refractivity contribution in [3.63, 3.8) is 0 Å². The maximum absolute atomic E-state index is 13.0.